The maximum absolute atomic E-state index is 12.7. The van der Waals surface area contributed by atoms with Gasteiger partial charge in [-0.05, 0) is 48.4 Å². The molecule has 0 aliphatic carbocycles. The number of nitrogens with zero attached hydrogens (tertiary/aromatic N) is 2. The van der Waals surface area contributed by atoms with Crippen molar-refractivity contribution >= 4 is 35.4 Å². The minimum absolute atomic E-state index is 0.0443. The van der Waals surface area contributed by atoms with E-state index >= 15 is 0 Å². The maximum atomic E-state index is 12.7. The van der Waals surface area contributed by atoms with Gasteiger partial charge in [0.1, 0.15) is 17.4 Å². The van der Waals surface area contributed by atoms with Crippen LogP contribution >= 0.6 is 23.2 Å². The number of hydrogen-bond donors (Lipinski definition) is 1. The molecule has 0 saturated heterocycles. The van der Waals surface area contributed by atoms with Crippen molar-refractivity contribution in [1.82, 2.24) is 4.90 Å². The summed E-state index contributed by atoms with van der Waals surface area (Å²) in [5.41, 5.74) is 9.68. The first-order valence-corrected chi connectivity index (χ1v) is 11.1. The number of ether oxygens (including phenoxy) is 2. The van der Waals surface area contributed by atoms with Gasteiger partial charge in [0.25, 0.3) is 0 Å². The van der Waals surface area contributed by atoms with E-state index in [9.17, 15) is 10.1 Å². The molecule has 0 saturated carbocycles. The molecule has 0 spiro atoms. The Morgan fingerprint density at radius 2 is 1.82 bits per heavy atom. The average Bonchev–Trinajstić information content (AvgIpc) is 2.80. The van der Waals surface area contributed by atoms with Crippen molar-refractivity contribution in [3.63, 3.8) is 0 Å². The van der Waals surface area contributed by atoms with Crippen LogP contribution in [0, 0.1) is 11.3 Å². The highest BCUT2D eigenvalue weighted by Gasteiger charge is 2.39. The molecule has 2 heterocycles. The van der Waals surface area contributed by atoms with Gasteiger partial charge in [-0.1, -0.05) is 47.5 Å². The van der Waals surface area contributed by atoms with E-state index in [0.717, 1.165) is 22.3 Å². The van der Waals surface area contributed by atoms with Gasteiger partial charge < -0.3 is 15.2 Å². The minimum atomic E-state index is -0.484. The molecule has 1 atom stereocenters. The summed E-state index contributed by atoms with van der Waals surface area (Å²) in [4.78, 5) is 14.3. The minimum Gasteiger partial charge on any atom is -0.450 e. The van der Waals surface area contributed by atoms with E-state index in [1.807, 2.05) is 30.3 Å². The lowest BCUT2D eigenvalue weighted by atomic mass is 9.80. The van der Waals surface area contributed by atoms with Crippen LogP contribution in [-0.4, -0.2) is 30.7 Å². The normalized spacial score (nSPS) is 19.2. The molecule has 1 amide bonds. The lowest BCUT2D eigenvalue weighted by Crippen LogP contribution is -2.41. The highest BCUT2D eigenvalue weighted by atomic mass is 35.5. The van der Waals surface area contributed by atoms with Gasteiger partial charge in [0.2, 0.25) is 5.88 Å². The van der Waals surface area contributed by atoms with E-state index in [1.165, 1.54) is 0 Å². The van der Waals surface area contributed by atoms with Gasteiger partial charge in [-0.25, -0.2) is 4.79 Å². The van der Waals surface area contributed by atoms with Gasteiger partial charge in [0.05, 0.1) is 25.6 Å². The van der Waals surface area contributed by atoms with Crippen molar-refractivity contribution in [2.75, 3.05) is 19.7 Å². The van der Waals surface area contributed by atoms with Gasteiger partial charge in [0.15, 0.2) is 0 Å². The summed E-state index contributed by atoms with van der Waals surface area (Å²) < 4.78 is 11.2. The topological polar surface area (TPSA) is 88.6 Å². The van der Waals surface area contributed by atoms with Crippen molar-refractivity contribution in [1.29, 1.82) is 5.26 Å². The highest BCUT2D eigenvalue weighted by Crippen LogP contribution is 2.44. The molecular weight excluding hydrogens is 461 g/mol. The molecule has 1 unspecified atom stereocenters. The van der Waals surface area contributed by atoms with E-state index in [-0.39, 0.29) is 31.2 Å². The van der Waals surface area contributed by atoms with Crippen molar-refractivity contribution in [2.45, 2.75) is 12.8 Å². The third-order valence-corrected chi connectivity index (χ3v) is 5.98. The van der Waals surface area contributed by atoms with Crippen molar-refractivity contribution in [2.24, 2.45) is 5.73 Å². The molecule has 6 nitrogen and oxygen atoms in total. The van der Waals surface area contributed by atoms with E-state index < -0.39 is 12.0 Å². The van der Waals surface area contributed by atoms with Gasteiger partial charge in [-0.2, -0.15) is 5.26 Å². The molecule has 168 valence electrons. The second-order valence-electron chi connectivity index (χ2n) is 7.61. The number of carbonyl (C=O) groups excluding carboxylic acids is 1. The Morgan fingerprint density at radius 3 is 2.42 bits per heavy atom. The molecule has 4 rings (SSSR count). The molecule has 8 heteroatoms. The lowest BCUT2D eigenvalue weighted by molar-refractivity contribution is 0.109. The fourth-order valence-electron chi connectivity index (χ4n) is 4.01. The van der Waals surface area contributed by atoms with Gasteiger partial charge >= 0.3 is 6.09 Å². The fourth-order valence-corrected chi connectivity index (χ4v) is 4.26. The first-order valence-electron chi connectivity index (χ1n) is 10.4. The summed E-state index contributed by atoms with van der Waals surface area (Å²) >= 11 is 12.1. The Balaban J connectivity index is 1.87. The highest BCUT2D eigenvalue weighted by molar-refractivity contribution is 6.30. The number of allylic oxidation sites excluding steroid dienone is 1. The van der Waals surface area contributed by atoms with E-state index in [1.54, 1.807) is 36.1 Å². The number of rotatable bonds is 3. The molecule has 2 aliphatic heterocycles. The second-order valence-corrected chi connectivity index (χ2v) is 8.48. The predicted octanol–water partition coefficient (Wildman–Crippen LogP) is 5.61. The fraction of sp³-hybridized carbons (Fsp3) is 0.200. The average molecular weight is 482 g/mol. The Bertz CT molecular complexity index is 1210. The Labute approximate surface area is 202 Å². The summed E-state index contributed by atoms with van der Waals surface area (Å²) in [5, 5.41) is 11.1. The van der Waals surface area contributed by atoms with E-state index in [4.69, 9.17) is 38.4 Å². The molecule has 2 aliphatic rings. The summed E-state index contributed by atoms with van der Waals surface area (Å²) in [6, 6.07) is 16.7. The number of amides is 1. The van der Waals surface area contributed by atoms with Gasteiger partial charge in [-0.3, -0.25) is 4.90 Å². The van der Waals surface area contributed by atoms with Crippen LogP contribution in [0.2, 0.25) is 10.0 Å². The monoisotopic (exact) mass is 481 g/mol. The molecule has 0 bridgehead atoms. The predicted molar refractivity (Wildman–Crippen MR) is 127 cm³/mol. The van der Waals surface area contributed by atoms with E-state index in [2.05, 4.69) is 6.07 Å². The summed E-state index contributed by atoms with van der Waals surface area (Å²) in [7, 11) is 0. The molecule has 2 aromatic rings. The number of nitriles is 1. The third kappa shape index (κ3) is 4.70. The van der Waals surface area contributed by atoms with Gasteiger partial charge in [-0.15, -0.1) is 0 Å². The zero-order valence-electron chi connectivity index (χ0n) is 17.8. The van der Waals surface area contributed by atoms with Crippen molar-refractivity contribution in [3.8, 4) is 6.07 Å². The van der Waals surface area contributed by atoms with Crippen LogP contribution in [0.25, 0.3) is 6.08 Å². The van der Waals surface area contributed by atoms with Crippen LogP contribution < -0.4 is 5.73 Å². The SMILES string of the molecule is CCOC(=O)N1CC2=C(OC(N)=C(C#N)C2c2ccc(Cl)cc2)/C(=C/c2ccc(Cl)cc2)C1. The standard InChI is InChI=1S/C25H21Cl2N3O3/c1-2-32-25(31)30-13-17(11-15-3-7-18(26)8-4-15)23-21(14-30)22(20(12-28)24(29)33-23)16-5-9-19(27)10-6-16/h3-11,22H,2,13-14,29H2,1H3/b17-11+. The van der Waals surface area contributed by atoms with Crippen LogP contribution in [-0.2, 0) is 9.47 Å². The first kappa shape index (κ1) is 22.8. The number of halogens is 2. The zero-order chi connectivity index (χ0) is 23.5. The molecule has 0 fully saturated rings. The first-order chi connectivity index (χ1) is 15.9. The van der Waals surface area contributed by atoms with Crippen LogP contribution in [0.4, 0.5) is 4.79 Å². The Kier molecular flexibility index (Phi) is 6.64. The number of hydrogen-bond acceptors (Lipinski definition) is 5. The molecule has 0 aromatic heterocycles. The maximum Gasteiger partial charge on any atom is 0.410 e. The molecule has 0 radical (unpaired) electrons. The number of carbonyl (C=O) groups is 1. The molecule has 2 N–H and O–H groups in total. The van der Waals surface area contributed by atoms with Crippen LogP contribution in [0.5, 0.6) is 0 Å². The molecule has 33 heavy (non-hydrogen) atoms. The van der Waals surface area contributed by atoms with Crippen LogP contribution in [0.15, 0.2) is 76.9 Å². The van der Waals surface area contributed by atoms with Gasteiger partial charge in [0, 0.05) is 21.2 Å². The Morgan fingerprint density at radius 1 is 1.18 bits per heavy atom. The summed E-state index contributed by atoms with van der Waals surface area (Å²) in [5.74, 6) is 0.117. The second kappa shape index (κ2) is 9.62. The smallest absolute Gasteiger partial charge is 0.410 e. The van der Waals surface area contributed by atoms with E-state index in [0.29, 0.717) is 15.8 Å². The number of benzene rings is 2. The summed E-state index contributed by atoms with van der Waals surface area (Å²) in [6.45, 7) is 2.51. The van der Waals surface area contributed by atoms with Crippen LogP contribution in [0.1, 0.15) is 24.0 Å². The Hall–Kier alpha value is -3.40. The number of nitrogens with two attached hydrogens (primary N) is 1. The van der Waals surface area contributed by atoms with Crippen molar-refractivity contribution in [3.05, 3.63) is 98.1 Å². The third-order valence-electron chi connectivity index (χ3n) is 5.48. The largest absolute Gasteiger partial charge is 0.450 e. The van der Waals surface area contributed by atoms with Crippen LogP contribution in [0.3, 0.4) is 0 Å². The lowest BCUT2D eigenvalue weighted by Gasteiger charge is -2.37. The molecular formula is C25H21Cl2N3O3. The quantitative estimate of drug-likeness (QED) is 0.614. The summed E-state index contributed by atoms with van der Waals surface area (Å²) in [6.07, 6.45) is 1.47. The van der Waals surface area contributed by atoms with Crippen molar-refractivity contribution < 1.29 is 14.3 Å². The molecule has 2 aromatic carbocycles. The zero-order valence-corrected chi connectivity index (χ0v) is 19.4.